The van der Waals surface area contributed by atoms with Gasteiger partial charge < -0.3 is 19.5 Å². The van der Waals surface area contributed by atoms with Gasteiger partial charge in [0.1, 0.15) is 12.4 Å². The quantitative estimate of drug-likeness (QED) is 0.399. The summed E-state index contributed by atoms with van der Waals surface area (Å²) in [5, 5.41) is 11.0. The SMILES string of the molecule is O=C1NS(=O)(=O)[C@H](C[C@@H]2CCCO2)CC/C=C/[C@H](O)[C@@H]2CC[C@H]2CN2CCCCc3cc(Cl)ccc3COc3ccc1cc32. The van der Waals surface area contributed by atoms with Gasteiger partial charge in [-0.05, 0) is 118 Å². The zero-order valence-corrected chi connectivity index (χ0v) is 26.7. The molecule has 0 unspecified atom stereocenters. The molecule has 10 heteroatoms. The normalized spacial score (nSPS) is 30.0. The number of sulfonamides is 1. The molecule has 1 amide bonds. The summed E-state index contributed by atoms with van der Waals surface area (Å²) >= 11 is 6.32. The molecule has 3 aliphatic heterocycles. The Labute approximate surface area is 265 Å². The molecule has 2 aromatic carbocycles. The lowest BCUT2D eigenvalue weighted by molar-refractivity contribution is 0.0461. The second-order valence-electron chi connectivity index (χ2n) is 12.8. The summed E-state index contributed by atoms with van der Waals surface area (Å²) in [6.07, 6.45) is 10.7. The van der Waals surface area contributed by atoms with Crippen LogP contribution >= 0.6 is 11.6 Å². The standard InChI is InChI=1S/C34H43ClN2O6S/c35-27-13-10-26-22-43-33-15-12-24-19-31(33)37(16-4-3-6-23(26)18-27)21-25-11-14-30(25)32(38)9-2-1-8-29(20-28-7-5-17-42-28)44(40,41)36-34(24)39/h2,9-10,12-13,15,18-19,25,28-30,32,38H,1,3-8,11,14,16-17,20-22H2,(H,36,39)/b9-2+/t25-,28-,29-,30+,32-/m0/s1. The summed E-state index contributed by atoms with van der Waals surface area (Å²) in [4.78, 5) is 15.8. The van der Waals surface area contributed by atoms with Crippen molar-refractivity contribution in [3.05, 3.63) is 70.3 Å². The van der Waals surface area contributed by atoms with Gasteiger partial charge in [-0.3, -0.25) is 4.79 Å². The van der Waals surface area contributed by atoms with E-state index in [0.717, 1.165) is 69.3 Å². The van der Waals surface area contributed by atoms with Gasteiger partial charge in [-0.25, -0.2) is 13.1 Å². The number of fused-ring (bicyclic) bond motifs is 3. The van der Waals surface area contributed by atoms with Crippen molar-refractivity contribution >= 4 is 33.2 Å². The first kappa shape index (κ1) is 31.4. The Morgan fingerprint density at radius 3 is 2.70 bits per heavy atom. The number of amides is 1. The van der Waals surface area contributed by atoms with Crippen LogP contribution in [-0.2, 0) is 27.8 Å². The maximum Gasteiger partial charge on any atom is 0.264 e. The Kier molecular flexibility index (Phi) is 9.86. The molecular formula is C34H43ClN2O6S. The molecule has 2 bridgehead atoms. The number of rotatable bonds is 2. The summed E-state index contributed by atoms with van der Waals surface area (Å²) < 4.78 is 41.8. The smallest absolute Gasteiger partial charge is 0.264 e. The van der Waals surface area contributed by atoms with E-state index in [1.165, 1.54) is 5.56 Å². The second kappa shape index (κ2) is 13.8. The summed E-state index contributed by atoms with van der Waals surface area (Å²) in [5.41, 5.74) is 3.29. The molecule has 44 heavy (non-hydrogen) atoms. The van der Waals surface area contributed by atoms with Gasteiger partial charge in [-0.15, -0.1) is 0 Å². The highest BCUT2D eigenvalue weighted by Gasteiger charge is 2.37. The van der Waals surface area contributed by atoms with Crippen LogP contribution in [-0.4, -0.2) is 56.6 Å². The summed E-state index contributed by atoms with van der Waals surface area (Å²) in [6, 6.07) is 11.1. The van der Waals surface area contributed by atoms with Crippen molar-refractivity contribution in [2.75, 3.05) is 24.6 Å². The second-order valence-corrected chi connectivity index (χ2v) is 15.2. The maximum atomic E-state index is 13.6. The molecule has 4 aliphatic rings. The number of hydrogen-bond acceptors (Lipinski definition) is 7. The van der Waals surface area contributed by atoms with Crippen LogP contribution in [0.2, 0.25) is 5.02 Å². The van der Waals surface area contributed by atoms with Crippen LogP contribution in [0.4, 0.5) is 5.69 Å². The minimum absolute atomic E-state index is 0.131. The molecule has 238 valence electrons. The number of aryl methyl sites for hydroxylation is 1. The van der Waals surface area contributed by atoms with Crippen LogP contribution in [0.5, 0.6) is 5.75 Å². The molecule has 1 aliphatic carbocycles. The first-order chi connectivity index (χ1) is 21.3. The van der Waals surface area contributed by atoms with Gasteiger partial charge in [0.25, 0.3) is 5.91 Å². The summed E-state index contributed by atoms with van der Waals surface area (Å²) in [5.74, 6) is 0.424. The van der Waals surface area contributed by atoms with Crippen molar-refractivity contribution in [2.45, 2.75) is 88.3 Å². The molecule has 0 radical (unpaired) electrons. The van der Waals surface area contributed by atoms with Crippen molar-refractivity contribution in [1.29, 1.82) is 0 Å². The fourth-order valence-electron chi connectivity index (χ4n) is 7.09. The van der Waals surface area contributed by atoms with E-state index >= 15 is 0 Å². The van der Waals surface area contributed by atoms with Crippen molar-refractivity contribution < 1.29 is 27.8 Å². The Hall–Kier alpha value is -2.59. The van der Waals surface area contributed by atoms with Gasteiger partial charge in [0.05, 0.1) is 23.1 Å². The van der Waals surface area contributed by atoms with Crippen LogP contribution in [0.15, 0.2) is 48.6 Å². The predicted octanol–water partition coefficient (Wildman–Crippen LogP) is 5.80. The number of ether oxygens (including phenoxy) is 2. The lowest BCUT2D eigenvalue weighted by Crippen LogP contribution is -2.43. The number of nitrogens with zero attached hydrogens (tertiary/aromatic N) is 1. The Morgan fingerprint density at radius 1 is 1.02 bits per heavy atom. The highest BCUT2D eigenvalue weighted by atomic mass is 35.5. The van der Waals surface area contributed by atoms with Gasteiger partial charge in [0, 0.05) is 30.3 Å². The van der Waals surface area contributed by atoms with Crippen LogP contribution in [0.1, 0.15) is 79.3 Å². The third-order valence-corrected chi connectivity index (χ3v) is 11.8. The highest BCUT2D eigenvalue weighted by Crippen LogP contribution is 2.41. The fourth-order valence-corrected chi connectivity index (χ4v) is 8.74. The number of carbonyl (C=O) groups is 1. The topological polar surface area (TPSA) is 105 Å². The van der Waals surface area contributed by atoms with Gasteiger partial charge >= 0.3 is 0 Å². The molecule has 8 nitrogen and oxygen atoms in total. The monoisotopic (exact) mass is 642 g/mol. The number of benzene rings is 2. The lowest BCUT2D eigenvalue weighted by atomic mass is 9.70. The minimum atomic E-state index is -3.99. The largest absolute Gasteiger partial charge is 0.487 e. The lowest BCUT2D eigenvalue weighted by Gasteiger charge is -2.42. The average molecular weight is 643 g/mol. The van der Waals surface area contributed by atoms with E-state index in [9.17, 15) is 18.3 Å². The highest BCUT2D eigenvalue weighted by molar-refractivity contribution is 7.90. The first-order valence-electron chi connectivity index (χ1n) is 16.1. The maximum absolute atomic E-state index is 13.6. The van der Waals surface area contributed by atoms with Crippen LogP contribution in [0.25, 0.3) is 0 Å². The van der Waals surface area contributed by atoms with E-state index in [4.69, 9.17) is 21.1 Å². The van der Waals surface area contributed by atoms with E-state index in [2.05, 4.69) is 9.62 Å². The summed E-state index contributed by atoms with van der Waals surface area (Å²) in [7, 11) is -3.99. The number of aliphatic hydroxyl groups is 1. The predicted molar refractivity (Wildman–Crippen MR) is 172 cm³/mol. The number of hydrogen-bond donors (Lipinski definition) is 2. The van der Waals surface area contributed by atoms with Crippen LogP contribution < -0.4 is 14.4 Å². The molecule has 6 rings (SSSR count). The number of aliphatic hydroxyl groups excluding tert-OH is 1. The third kappa shape index (κ3) is 7.27. The molecular weight excluding hydrogens is 600 g/mol. The number of allylic oxidation sites excluding steroid dienone is 1. The third-order valence-electron chi connectivity index (χ3n) is 9.82. The van der Waals surface area contributed by atoms with Gasteiger partial charge in [-0.1, -0.05) is 29.8 Å². The zero-order chi connectivity index (χ0) is 30.7. The number of anilines is 1. The van der Waals surface area contributed by atoms with Crippen molar-refractivity contribution in [3.63, 3.8) is 0 Å². The summed E-state index contributed by atoms with van der Waals surface area (Å²) in [6.45, 7) is 2.45. The van der Waals surface area contributed by atoms with E-state index in [1.807, 2.05) is 30.4 Å². The van der Waals surface area contributed by atoms with Crippen LogP contribution in [0.3, 0.4) is 0 Å². The van der Waals surface area contributed by atoms with E-state index in [1.54, 1.807) is 18.2 Å². The minimum Gasteiger partial charge on any atom is -0.487 e. The van der Waals surface area contributed by atoms with E-state index in [0.29, 0.717) is 49.2 Å². The van der Waals surface area contributed by atoms with Gasteiger partial charge in [0.2, 0.25) is 10.0 Å². The van der Waals surface area contributed by atoms with E-state index < -0.39 is 27.3 Å². The molecule has 1 saturated carbocycles. The van der Waals surface area contributed by atoms with Gasteiger partial charge in [-0.2, -0.15) is 0 Å². The van der Waals surface area contributed by atoms with Crippen molar-refractivity contribution in [1.82, 2.24) is 4.72 Å². The fraction of sp³-hybridized carbons (Fsp3) is 0.559. The molecule has 2 aromatic rings. The zero-order valence-electron chi connectivity index (χ0n) is 25.1. The Morgan fingerprint density at radius 2 is 1.91 bits per heavy atom. The van der Waals surface area contributed by atoms with Crippen molar-refractivity contribution in [3.8, 4) is 5.75 Å². The molecule has 2 fully saturated rings. The number of halogens is 1. The van der Waals surface area contributed by atoms with Crippen LogP contribution in [0, 0.1) is 11.8 Å². The van der Waals surface area contributed by atoms with E-state index in [-0.39, 0.29) is 17.6 Å². The Bertz CT molecular complexity index is 1470. The van der Waals surface area contributed by atoms with Crippen molar-refractivity contribution in [2.24, 2.45) is 11.8 Å². The number of carbonyl (C=O) groups excluding carboxylic acids is 1. The average Bonchev–Trinajstić information content (AvgIpc) is 3.49. The first-order valence-corrected chi connectivity index (χ1v) is 18.0. The molecule has 0 aromatic heterocycles. The Balaban J connectivity index is 1.35. The molecule has 2 N–H and O–H groups in total. The molecule has 1 saturated heterocycles. The molecule has 3 heterocycles. The molecule has 0 spiro atoms. The van der Waals surface area contributed by atoms with Gasteiger partial charge in [0.15, 0.2) is 0 Å². The number of nitrogens with one attached hydrogen (secondary N) is 1. The molecule has 5 atom stereocenters.